The third kappa shape index (κ3) is 3.79. The van der Waals surface area contributed by atoms with E-state index in [-0.39, 0.29) is 11.8 Å². The van der Waals surface area contributed by atoms with Crippen molar-refractivity contribution in [2.45, 2.75) is 37.5 Å². The van der Waals surface area contributed by atoms with Gasteiger partial charge in [-0.25, -0.2) is 4.90 Å². The molecule has 2 aliphatic rings. The molecule has 3 aromatic rings. The van der Waals surface area contributed by atoms with E-state index in [0.717, 1.165) is 49.3 Å². The minimum absolute atomic E-state index is 0.124. The van der Waals surface area contributed by atoms with Gasteiger partial charge >= 0.3 is 0 Å². The van der Waals surface area contributed by atoms with Crippen molar-refractivity contribution in [3.8, 4) is 0 Å². The van der Waals surface area contributed by atoms with E-state index in [1.165, 1.54) is 17.4 Å². The summed E-state index contributed by atoms with van der Waals surface area (Å²) in [4.78, 5) is 30.3. The number of likely N-dealkylation sites (tertiary alicyclic amines) is 1. The lowest BCUT2D eigenvalue weighted by Crippen LogP contribution is -2.45. The van der Waals surface area contributed by atoms with Gasteiger partial charge in [-0.3, -0.25) is 9.59 Å². The van der Waals surface area contributed by atoms with Crippen LogP contribution >= 0.6 is 0 Å². The molecule has 0 bridgehead atoms. The molecule has 1 unspecified atom stereocenters. The highest BCUT2D eigenvalue weighted by Crippen LogP contribution is 2.48. The summed E-state index contributed by atoms with van der Waals surface area (Å²) in [6.45, 7) is 4.35. The summed E-state index contributed by atoms with van der Waals surface area (Å²) >= 11 is 0. The Hall–Kier alpha value is -3.24. The van der Waals surface area contributed by atoms with Gasteiger partial charge in [-0.1, -0.05) is 78.9 Å². The second-order valence-electron chi connectivity index (χ2n) is 9.22. The first kappa shape index (κ1) is 21.6. The smallest absolute Gasteiger partial charge is 0.249 e. The largest absolute Gasteiger partial charge is 0.303 e. The van der Waals surface area contributed by atoms with E-state index in [9.17, 15) is 9.59 Å². The van der Waals surface area contributed by atoms with E-state index in [0.29, 0.717) is 12.3 Å². The monoisotopic (exact) mass is 438 g/mol. The first-order valence-corrected chi connectivity index (χ1v) is 11.9. The fraction of sp³-hybridized carbons (Fsp3) is 0.310. The molecule has 0 spiro atoms. The second kappa shape index (κ2) is 8.95. The average Bonchev–Trinajstić information content (AvgIpc) is 3.12. The number of benzene rings is 3. The lowest BCUT2D eigenvalue weighted by atomic mass is 9.72. The van der Waals surface area contributed by atoms with Crippen molar-refractivity contribution in [3.05, 3.63) is 102 Å². The molecule has 0 aliphatic carbocycles. The van der Waals surface area contributed by atoms with Crippen LogP contribution in [0.25, 0.3) is 0 Å². The number of imide groups is 1. The fourth-order valence-corrected chi connectivity index (χ4v) is 5.69. The molecule has 1 saturated heterocycles. The van der Waals surface area contributed by atoms with Crippen LogP contribution in [0.2, 0.25) is 0 Å². The molecule has 168 valence electrons. The second-order valence-corrected chi connectivity index (χ2v) is 9.22. The van der Waals surface area contributed by atoms with Gasteiger partial charge in [-0.2, -0.15) is 0 Å². The molecule has 33 heavy (non-hydrogen) atoms. The molecule has 4 heteroatoms. The number of amides is 2. The van der Waals surface area contributed by atoms with Crippen molar-refractivity contribution < 1.29 is 9.59 Å². The number of nitrogens with zero attached hydrogens (tertiary/aromatic N) is 2. The van der Waals surface area contributed by atoms with Gasteiger partial charge in [0, 0.05) is 6.92 Å². The first-order chi connectivity index (χ1) is 16.1. The van der Waals surface area contributed by atoms with Gasteiger partial charge in [-0.05, 0) is 67.6 Å². The van der Waals surface area contributed by atoms with Crippen LogP contribution in [0.5, 0.6) is 0 Å². The summed E-state index contributed by atoms with van der Waals surface area (Å²) in [6.07, 6.45) is 2.92. The number of carbonyl (C=O) groups is 2. The molecular formula is C29H30N2O2. The number of fused-ring (bicyclic) bond motifs is 1. The minimum Gasteiger partial charge on any atom is -0.303 e. The molecule has 0 saturated carbocycles. The van der Waals surface area contributed by atoms with E-state index in [1.807, 2.05) is 54.6 Å². The number of para-hydroxylation sites is 1. The first-order valence-electron chi connectivity index (χ1n) is 11.9. The highest BCUT2D eigenvalue weighted by molar-refractivity contribution is 6.23. The summed E-state index contributed by atoms with van der Waals surface area (Å²) in [7, 11) is 0. The lowest BCUT2D eigenvalue weighted by molar-refractivity contribution is -0.127. The van der Waals surface area contributed by atoms with E-state index >= 15 is 0 Å². The Kier molecular flexibility index (Phi) is 5.86. The highest BCUT2D eigenvalue weighted by Gasteiger charge is 2.53. The van der Waals surface area contributed by atoms with Gasteiger partial charge in [0.15, 0.2) is 0 Å². The zero-order chi connectivity index (χ0) is 22.8. The van der Waals surface area contributed by atoms with Crippen molar-refractivity contribution in [2.75, 3.05) is 24.5 Å². The number of piperidine rings is 1. The van der Waals surface area contributed by atoms with Crippen LogP contribution in [-0.2, 0) is 15.0 Å². The summed E-state index contributed by atoms with van der Waals surface area (Å²) in [5.74, 6) is 0.253. The molecule has 2 aliphatic heterocycles. The molecule has 1 fully saturated rings. The molecule has 5 rings (SSSR count). The topological polar surface area (TPSA) is 40.6 Å². The Balaban J connectivity index is 1.41. The van der Waals surface area contributed by atoms with E-state index in [2.05, 4.69) is 35.2 Å². The van der Waals surface area contributed by atoms with Crippen molar-refractivity contribution in [3.63, 3.8) is 0 Å². The van der Waals surface area contributed by atoms with Gasteiger partial charge in [-0.15, -0.1) is 0 Å². The lowest BCUT2D eigenvalue weighted by Gasteiger charge is -2.36. The average molecular weight is 439 g/mol. The molecule has 2 heterocycles. The zero-order valence-corrected chi connectivity index (χ0v) is 19.1. The van der Waals surface area contributed by atoms with Gasteiger partial charge in [0.1, 0.15) is 5.41 Å². The maximum absolute atomic E-state index is 13.9. The van der Waals surface area contributed by atoms with E-state index in [1.54, 1.807) is 0 Å². The predicted octanol–water partition coefficient (Wildman–Crippen LogP) is 5.14. The standard InChI is InChI=1S/C29H30N2O2/c1-22(32)31-27-15-9-8-14-26(27)29(28(31)33,25-12-6-3-7-13-25)18-21-30-19-16-24(17-20-30)23-10-4-2-5-11-23/h2-15,24H,16-21H2,1H3. The Morgan fingerprint density at radius 2 is 1.48 bits per heavy atom. The molecule has 1 atom stereocenters. The molecule has 3 aromatic carbocycles. The normalized spacial score (nSPS) is 21.2. The third-order valence-electron chi connectivity index (χ3n) is 7.42. The SMILES string of the molecule is CC(=O)N1C(=O)C(CCN2CCC(c3ccccc3)CC2)(c2ccccc2)c2ccccc21. The van der Waals surface area contributed by atoms with Crippen LogP contribution in [0.15, 0.2) is 84.9 Å². The molecule has 2 amide bonds. The molecule has 0 aromatic heterocycles. The van der Waals surface area contributed by atoms with Crippen molar-refractivity contribution in [1.29, 1.82) is 0 Å². The molecular weight excluding hydrogens is 408 g/mol. The number of hydrogen-bond donors (Lipinski definition) is 0. The summed E-state index contributed by atoms with van der Waals surface area (Å²) < 4.78 is 0. The Morgan fingerprint density at radius 1 is 0.879 bits per heavy atom. The maximum Gasteiger partial charge on any atom is 0.249 e. The van der Waals surface area contributed by atoms with Crippen LogP contribution in [-0.4, -0.2) is 36.3 Å². The van der Waals surface area contributed by atoms with Crippen LogP contribution in [0.1, 0.15) is 48.8 Å². The Bertz CT molecular complexity index is 1140. The highest BCUT2D eigenvalue weighted by atomic mass is 16.2. The predicted molar refractivity (Wildman–Crippen MR) is 131 cm³/mol. The Morgan fingerprint density at radius 3 is 2.15 bits per heavy atom. The maximum atomic E-state index is 13.9. The van der Waals surface area contributed by atoms with Crippen molar-refractivity contribution in [1.82, 2.24) is 4.90 Å². The van der Waals surface area contributed by atoms with Gasteiger partial charge in [0.25, 0.3) is 0 Å². The summed E-state index contributed by atoms with van der Waals surface area (Å²) in [5.41, 5.74) is 3.22. The zero-order valence-electron chi connectivity index (χ0n) is 19.1. The fourth-order valence-electron chi connectivity index (χ4n) is 5.69. The van der Waals surface area contributed by atoms with Crippen molar-refractivity contribution >= 4 is 17.5 Å². The van der Waals surface area contributed by atoms with Crippen LogP contribution in [0.4, 0.5) is 5.69 Å². The van der Waals surface area contributed by atoms with Gasteiger partial charge in [0.2, 0.25) is 11.8 Å². The quantitative estimate of drug-likeness (QED) is 0.554. The Labute approximate surface area is 195 Å². The van der Waals surface area contributed by atoms with E-state index in [4.69, 9.17) is 0 Å². The summed E-state index contributed by atoms with van der Waals surface area (Å²) in [5, 5.41) is 0. The van der Waals surface area contributed by atoms with Gasteiger partial charge < -0.3 is 4.90 Å². The van der Waals surface area contributed by atoms with E-state index < -0.39 is 5.41 Å². The number of carbonyl (C=O) groups excluding carboxylic acids is 2. The molecule has 0 N–H and O–H groups in total. The summed E-state index contributed by atoms with van der Waals surface area (Å²) in [6, 6.07) is 28.5. The number of anilines is 1. The minimum atomic E-state index is -0.834. The number of rotatable bonds is 5. The van der Waals surface area contributed by atoms with Crippen molar-refractivity contribution in [2.24, 2.45) is 0 Å². The molecule has 0 radical (unpaired) electrons. The van der Waals surface area contributed by atoms with Crippen LogP contribution < -0.4 is 4.90 Å². The van der Waals surface area contributed by atoms with Gasteiger partial charge in [0.05, 0.1) is 5.69 Å². The molecule has 4 nitrogen and oxygen atoms in total. The third-order valence-corrected chi connectivity index (χ3v) is 7.42. The number of hydrogen-bond acceptors (Lipinski definition) is 3. The van der Waals surface area contributed by atoms with Crippen LogP contribution in [0, 0.1) is 0 Å². The van der Waals surface area contributed by atoms with Crippen LogP contribution in [0.3, 0.4) is 0 Å².